The van der Waals surface area contributed by atoms with Crippen molar-refractivity contribution in [3.63, 3.8) is 0 Å². The number of rotatable bonds is 5. The van der Waals surface area contributed by atoms with Crippen molar-refractivity contribution in [3.8, 4) is 0 Å². The van der Waals surface area contributed by atoms with Crippen LogP contribution in [-0.4, -0.2) is 108 Å². The van der Waals surface area contributed by atoms with Gasteiger partial charge in [0.05, 0.1) is 12.6 Å². The molecule has 0 aliphatic carbocycles. The van der Waals surface area contributed by atoms with Crippen LogP contribution in [0.1, 0.15) is 27.2 Å². The minimum absolute atomic E-state index is 0.0853. The van der Waals surface area contributed by atoms with E-state index in [9.17, 15) is 14.7 Å². The molecule has 0 bridgehead atoms. The summed E-state index contributed by atoms with van der Waals surface area (Å²) in [5.74, 6) is 0.249. The summed E-state index contributed by atoms with van der Waals surface area (Å²) in [4.78, 5) is 32.1. The van der Waals surface area contributed by atoms with E-state index >= 15 is 0 Å². The summed E-state index contributed by atoms with van der Waals surface area (Å²) in [6, 6.07) is 0.399. The number of amides is 2. The van der Waals surface area contributed by atoms with Crippen molar-refractivity contribution < 1.29 is 14.7 Å². The van der Waals surface area contributed by atoms with Crippen LogP contribution in [0.15, 0.2) is 0 Å². The van der Waals surface area contributed by atoms with Gasteiger partial charge in [0.25, 0.3) is 0 Å². The molecule has 0 aromatic heterocycles. The van der Waals surface area contributed by atoms with Gasteiger partial charge in [-0.05, 0) is 13.3 Å². The van der Waals surface area contributed by atoms with Gasteiger partial charge in [0.2, 0.25) is 11.8 Å². The van der Waals surface area contributed by atoms with Gasteiger partial charge in [-0.3, -0.25) is 19.4 Å². The molecule has 2 aliphatic heterocycles. The molecule has 24 heavy (non-hydrogen) atoms. The zero-order valence-electron chi connectivity index (χ0n) is 15.3. The van der Waals surface area contributed by atoms with Crippen molar-refractivity contribution in [2.45, 2.75) is 39.3 Å². The van der Waals surface area contributed by atoms with Crippen LogP contribution in [0.3, 0.4) is 0 Å². The first-order chi connectivity index (χ1) is 11.4. The quantitative estimate of drug-likeness (QED) is 0.728. The Morgan fingerprint density at radius 1 is 1.08 bits per heavy atom. The van der Waals surface area contributed by atoms with Crippen LogP contribution in [0, 0.1) is 0 Å². The lowest BCUT2D eigenvalue weighted by atomic mass is 10.1. The third kappa shape index (κ3) is 5.16. The topological polar surface area (TPSA) is 67.3 Å². The molecule has 0 radical (unpaired) electrons. The maximum absolute atomic E-state index is 12.5. The molecule has 2 heterocycles. The molecule has 0 spiro atoms. The third-order valence-electron chi connectivity index (χ3n) is 5.10. The van der Waals surface area contributed by atoms with Gasteiger partial charge in [0, 0.05) is 65.3 Å². The summed E-state index contributed by atoms with van der Waals surface area (Å²) >= 11 is 0. The van der Waals surface area contributed by atoms with Gasteiger partial charge >= 0.3 is 0 Å². The van der Waals surface area contributed by atoms with Crippen LogP contribution in [0.4, 0.5) is 0 Å². The van der Waals surface area contributed by atoms with Gasteiger partial charge in [-0.15, -0.1) is 0 Å². The number of aliphatic hydroxyl groups excluding tert-OH is 1. The Labute approximate surface area is 145 Å². The molecule has 7 heteroatoms. The van der Waals surface area contributed by atoms with Crippen molar-refractivity contribution in [3.05, 3.63) is 0 Å². The Morgan fingerprint density at radius 2 is 1.71 bits per heavy atom. The number of hydrogen-bond donors (Lipinski definition) is 1. The van der Waals surface area contributed by atoms with Crippen LogP contribution < -0.4 is 0 Å². The molecular weight excluding hydrogens is 308 g/mol. The van der Waals surface area contributed by atoms with E-state index in [-0.39, 0.29) is 17.9 Å². The number of carbonyl (C=O) groups is 2. The molecule has 1 N–H and O–H groups in total. The fraction of sp³-hybridized carbons (Fsp3) is 0.882. The smallest absolute Gasteiger partial charge is 0.236 e. The molecule has 2 atom stereocenters. The first-order valence-electron chi connectivity index (χ1n) is 9.08. The fourth-order valence-corrected chi connectivity index (χ4v) is 3.63. The van der Waals surface area contributed by atoms with E-state index < -0.39 is 0 Å². The van der Waals surface area contributed by atoms with E-state index in [1.807, 2.05) is 11.8 Å². The minimum Gasteiger partial charge on any atom is -0.392 e. The van der Waals surface area contributed by atoms with Crippen LogP contribution in [0.2, 0.25) is 0 Å². The number of carbonyl (C=O) groups excluding carboxylic acids is 2. The summed E-state index contributed by atoms with van der Waals surface area (Å²) in [7, 11) is 0. The SMILES string of the molecule is CC[C@H]1CN(CC(=O)N2CCN(C(C)=O)CC2)CCN1C[C@@H](C)O. The van der Waals surface area contributed by atoms with Crippen molar-refractivity contribution in [2.24, 2.45) is 0 Å². The number of aliphatic hydroxyl groups is 1. The van der Waals surface area contributed by atoms with Crippen LogP contribution >= 0.6 is 0 Å². The Kier molecular flexibility index (Phi) is 7.01. The number of β-amino-alcohol motifs (C(OH)–C–C–N with tert-alkyl or cyclic N) is 1. The molecular formula is C17H32N4O3. The largest absolute Gasteiger partial charge is 0.392 e. The predicted molar refractivity (Wildman–Crippen MR) is 92.6 cm³/mol. The second-order valence-corrected chi connectivity index (χ2v) is 7.03. The average molecular weight is 340 g/mol. The van der Waals surface area contributed by atoms with Crippen LogP contribution in [0.25, 0.3) is 0 Å². The highest BCUT2D eigenvalue weighted by Crippen LogP contribution is 2.14. The molecule has 7 nitrogen and oxygen atoms in total. The van der Waals surface area contributed by atoms with Gasteiger partial charge in [0.15, 0.2) is 0 Å². The highest BCUT2D eigenvalue weighted by Gasteiger charge is 2.29. The Hall–Kier alpha value is -1.18. The minimum atomic E-state index is -0.315. The molecule has 2 aliphatic rings. The monoisotopic (exact) mass is 340 g/mol. The zero-order chi connectivity index (χ0) is 17.7. The predicted octanol–water partition coefficient (Wildman–Crippen LogP) is -0.546. The van der Waals surface area contributed by atoms with E-state index in [1.54, 1.807) is 11.8 Å². The second kappa shape index (κ2) is 8.78. The van der Waals surface area contributed by atoms with Crippen molar-refractivity contribution in [2.75, 3.05) is 58.9 Å². The summed E-state index contributed by atoms with van der Waals surface area (Å²) in [5, 5.41) is 9.62. The summed E-state index contributed by atoms with van der Waals surface area (Å²) in [5.41, 5.74) is 0. The van der Waals surface area contributed by atoms with Gasteiger partial charge in [-0.25, -0.2) is 0 Å². The second-order valence-electron chi connectivity index (χ2n) is 7.03. The zero-order valence-corrected chi connectivity index (χ0v) is 15.3. The highest BCUT2D eigenvalue weighted by molar-refractivity contribution is 5.79. The summed E-state index contributed by atoms with van der Waals surface area (Å²) < 4.78 is 0. The van der Waals surface area contributed by atoms with E-state index in [4.69, 9.17) is 0 Å². The third-order valence-corrected chi connectivity index (χ3v) is 5.10. The Bertz CT molecular complexity index is 436. The fourth-order valence-electron chi connectivity index (χ4n) is 3.63. The van der Waals surface area contributed by atoms with Gasteiger partial charge < -0.3 is 14.9 Å². The molecule has 2 rings (SSSR count). The first-order valence-corrected chi connectivity index (χ1v) is 9.08. The maximum Gasteiger partial charge on any atom is 0.236 e. The van der Waals surface area contributed by atoms with Crippen molar-refractivity contribution >= 4 is 11.8 Å². The van der Waals surface area contributed by atoms with E-state index in [2.05, 4.69) is 16.7 Å². The number of nitrogens with zero attached hydrogens (tertiary/aromatic N) is 4. The summed E-state index contributed by atoms with van der Waals surface area (Å²) in [6.07, 6.45) is 0.708. The Morgan fingerprint density at radius 3 is 2.25 bits per heavy atom. The molecule has 2 saturated heterocycles. The normalized spacial score (nSPS) is 24.9. The highest BCUT2D eigenvalue weighted by atomic mass is 16.3. The maximum atomic E-state index is 12.5. The van der Waals surface area contributed by atoms with Crippen molar-refractivity contribution in [1.29, 1.82) is 0 Å². The molecule has 0 saturated carbocycles. The van der Waals surface area contributed by atoms with Crippen LogP contribution in [-0.2, 0) is 9.59 Å². The summed E-state index contributed by atoms with van der Waals surface area (Å²) in [6.45, 7) is 11.9. The van der Waals surface area contributed by atoms with Crippen LogP contribution in [0.5, 0.6) is 0 Å². The van der Waals surface area contributed by atoms with E-state index in [0.29, 0.717) is 45.3 Å². The molecule has 2 amide bonds. The number of hydrogen-bond acceptors (Lipinski definition) is 5. The molecule has 0 unspecified atom stereocenters. The lowest BCUT2D eigenvalue weighted by Crippen LogP contribution is -2.57. The standard InChI is InChI=1S/C17H32N4O3/c1-4-16-12-18(5-6-21(16)11-14(2)22)13-17(24)20-9-7-19(8-10-20)15(3)23/h14,16,22H,4-13H2,1-3H3/t14-,16+/m1/s1. The van der Waals surface area contributed by atoms with Gasteiger partial charge in [-0.2, -0.15) is 0 Å². The molecule has 138 valence electrons. The lowest BCUT2D eigenvalue weighted by Gasteiger charge is -2.42. The van der Waals surface area contributed by atoms with E-state index in [0.717, 1.165) is 26.1 Å². The molecule has 0 aromatic carbocycles. The van der Waals surface area contributed by atoms with Crippen molar-refractivity contribution in [1.82, 2.24) is 19.6 Å². The van der Waals surface area contributed by atoms with Gasteiger partial charge in [0.1, 0.15) is 0 Å². The number of piperazine rings is 2. The van der Waals surface area contributed by atoms with E-state index in [1.165, 1.54) is 0 Å². The first kappa shape index (κ1) is 19.1. The Balaban J connectivity index is 1.79. The lowest BCUT2D eigenvalue weighted by molar-refractivity contribution is -0.139. The molecule has 0 aromatic rings. The average Bonchev–Trinajstić information content (AvgIpc) is 2.55. The molecule has 2 fully saturated rings. The van der Waals surface area contributed by atoms with Gasteiger partial charge in [-0.1, -0.05) is 6.92 Å².